The number of nitrogens with one attached hydrogen (secondary N) is 1. The Labute approximate surface area is 205 Å². The number of carbonyl (C=O) groups excluding carboxylic acids is 4. The molecule has 184 valence electrons. The molecule has 2 saturated heterocycles. The molecule has 2 heterocycles. The monoisotopic (exact) mass is 477 g/mol. The Hall–Kier alpha value is -3.68. The molecule has 3 atom stereocenters. The molecule has 8 nitrogen and oxygen atoms in total. The molecule has 4 rings (SSSR count). The van der Waals surface area contributed by atoms with Gasteiger partial charge in [0.2, 0.25) is 5.91 Å². The van der Waals surface area contributed by atoms with E-state index in [1.807, 2.05) is 50.2 Å². The van der Waals surface area contributed by atoms with Gasteiger partial charge in [0, 0.05) is 12.1 Å². The lowest BCUT2D eigenvalue weighted by Crippen LogP contribution is -2.53. The molecule has 2 aromatic carbocycles. The molecule has 0 bridgehead atoms. The van der Waals surface area contributed by atoms with Crippen molar-refractivity contribution < 1.29 is 23.9 Å². The highest BCUT2D eigenvalue weighted by Crippen LogP contribution is 2.31. The Balaban J connectivity index is 1.43. The van der Waals surface area contributed by atoms with Crippen LogP contribution in [0, 0.1) is 5.92 Å². The van der Waals surface area contributed by atoms with Gasteiger partial charge in [-0.1, -0.05) is 62.4 Å². The van der Waals surface area contributed by atoms with Crippen LogP contribution in [-0.4, -0.2) is 64.7 Å². The molecule has 0 radical (unpaired) electrons. The van der Waals surface area contributed by atoms with Gasteiger partial charge in [-0.2, -0.15) is 0 Å². The number of rotatable bonds is 7. The predicted octanol–water partition coefficient (Wildman–Crippen LogP) is 3.02. The zero-order valence-electron chi connectivity index (χ0n) is 20.1. The highest BCUT2D eigenvalue weighted by Gasteiger charge is 2.52. The summed E-state index contributed by atoms with van der Waals surface area (Å²) in [4.78, 5) is 55.1. The molecule has 0 aliphatic carbocycles. The third-order valence-electron chi connectivity index (χ3n) is 6.50. The predicted molar refractivity (Wildman–Crippen MR) is 129 cm³/mol. The second kappa shape index (κ2) is 10.7. The molecular weight excluding hydrogens is 446 g/mol. The maximum Gasteiger partial charge on any atom is 0.408 e. The van der Waals surface area contributed by atoms with Crippen LogP contribution in [0.25, 0.3) is 0 Å². The Morgan fingerprint density at radius 2 is 1.66 bits per heavy atom. The molecule has 0 saturated carbocycles. The minimum Gasteiger partial charge on any atom is -0.445 e. The number of amides is 3. The average molecular weight is 478 g/mol. The van der Waals surface area contributed by atoms with Crippen molar-refractivity contribution >= 4 is 23.7 Å². The largest absolute Gasteiger partial charge is 0.445 e. The van der Waals surface area contributed by atoms with E-state index in [1.165, 1.54) is 4.90 Å². The van der Waals surface area contributed by atoms with Crippen LogP contribution in [0.5, 0.6) is 0 Å². The first-order valence-corrected chi connectivity index (χ1v) is 12.0. The van der Waals surface area contributed by atoms with Crippen molar-refractivity contribution in [1.29, 1.82) is 0 Å². The van der Waals surface area contributed by atoms with Gasteiger partial charge in [0.25, 0.3) is 5.91 Å². The van der Waals surface area contributed by atoms with Crippen LogP contribution >= 0.6 is 0 Å². The SMILES string of the molecule is CC(C)C[C@H](NC(=O)OCc1ccccc1)C(=O)N1CCC2C1C(=O)CN2C(=O)c1ccccc1. The van der Waals surface area contributed by atoms with Crippen molar-refractivity contribution in [3.8, 4) is 0 Å². The van der Waals surface area contributed by atoms with E-state index in [2.05, 4.69) is 5.32 Å². The van der Waals surface area contributed by atoms with Gasteiger partial charge in [0.05, 0.1) is 12.6 Å². The smallest absolute Gasteiger partial charge is 0.408 e. The molecule has 2 aliphatic heterocycles. The Morgan fingerprint density at radius 1 is 1.00 bits per heavy atom. The zero-order valence-corrected chi connectivity index (χ0v) is 20.1. The third kappa shape index (κ3) is 5.53. The number of alkyl carbamates (subject to hydrolysis) is 1. The summed E-state index contributed by atoms with van der Waals surface area (Å²) in [7, 11) is 0. The van der Waals surface area contributed by atoms with E-state index in [0.717, 1.165) is 5.56 Å². The summed E-state index contributed by atoms with van der Waals surface area (Å²) in [6.07, 6.45) is 0.254. The lowest BCUT2D eigenvalue weighted by molar-refractivity contribution is -0.138. The highest BCUT2D eigenvalue weighted by molar-refractivity contribution is 6.02. The van der Waals surface area contributed by atoms with Crippen molar-refractivity contribution in [2.45, 2.75) is 51.4 Å². The number of ether oxygens (including phenoxy) is 1. The van der Waals surface area contributed by atoms with E-state index in [9.17, 15) is 19.2 Å². The Kier molecular flexibility index (Phi) is 7.48. The lowest BCUT2D eigenvalue weighted by Gasteiger charge is -2.29. The molecule has 2 unspecified atom stereocenters. The van der Waals surface area contributed by atoms with E-state index in [0.29, 0.717) is 24.9 Å². The van der Waals surface area contributed by atoms with E-state index in [4.69, 9.17) is 4.74 Å². The second-order valence-electron chi connectivity index (χ2n) is 9.49. The molecule has 0 aromatic heterocycles. The van der Waals surface area contributed by atoms with Gasteiger partial charge in [-0.25, -0.2) is 4.79 Å². The molecule has 8 heteroatoms. The fourth-order valence-electron chi connectivity index (χ4n) is 4.89. The molecular formula is C27H31N3O5. The van der Waals surface area contributed by atoms with Gasteiger partial charge in [-0.05, 0) is 36.5 Å². The minimum absolute atomic E-state index is 0.0196. The number of ketones is 1. The van der Waals surface area contributed by atoms with Crippen molar-refractivity contribution in [1.82, 2.24) is 15.1 Å². The maximum atomic E-state index is 13.5. The number of nitrogens with zero attached hydrogens (tertiary/aromatic N) is 2. The van der Waals surface area contributed by atoms with Gasteiger partial charge >= 0.3 is 6.09 Å². The van der Waals surface area contributed by atoms with E-state index < -0.39 is 18.2 Å². The van der Waals surface area contributed by atoms with Crippen LogP contribution in [0.1, 0.15) is 42.6 Å². The number of hydrogen-bond donors (Lipinski definition) is 1. The van der Waals surface area contributed by atoms with Crippen molar-refractivity contribution in [3.05, 3.63) is 71.8 Å². The number of fused-ring (bicyclic) bond motifs is 1. The summed E-state index contributed by atoms with van der Waals surface area (Å²) in [5.74, 6) is -0.542. The summed E-state index contributed by atoms with van der Waals surface area (Å²) < 4.78 is 5.32. The first-order chi connectivity index (χ1) is 16.8. The molecule has 3 amide bonds. The van der Waals surface area contributed by atoms with E-state index in [-0.39, 0.29) is 42.7 Å². The van der Waals surface area contributed by atoms with Crippen molar-refractivity contribution in [3.63, 3.8) is 0 Å². The summed E-state index contributed by atoms with van der Waals surface area (Å²) in [5, 5.41) is 2.71. The highest BCUT2D eigenvalue weighted by atomic mass is 16.5. The zero-order chi connectivity index (χ0) is 24.9. The molecule has 0 spiro atoms. The van der Waals surface area contributed by atoms with Gasteiger partial charge in [0.1, 0.15) is 18.7 Å². The summed E-state index contributed by atoms with van der Waals surface area (Å²) in [6.45, 7) is 4.36. The number of hydrogen-bond acceptors (Lipinski definition) is 5. The molecule has 35 heavy (non-hydrogen) atoms. The summed E-state index contributed by atoms with van der Waals surface area (Å²) in [5.41, 5.74) is 1.36. The first kappa shape index (κ1) is 24.4. The summed E-state index contributed by atoms with van der Waals surface area (Å²) in [6, 6.07) is 16.3. The lowest BCUT2D eigenvalue weighted by atomic mass is 10.0. The van der Waals surface area contributed by atoms with E-state index >= 15 is 0 Å². The number of likely N-dealkylation sites (tertiary alicyclic amines) is 2. The van der Waals surface area contributed by atoms with Crippen LogP contribution in [-0.2, 0) is 20.9 Å². The van der Waals surface area contributed by atoms with Crippen molar-refractivity contribution in [2.24, 2.45) is 5.92 Å². The fraction of sp³-hybridized carbons (Fsp3) is 0.407. The minimum atomic E-state index is -0.816. The summed E-state index contributed by atoms with van der Waals surface area (Å²) >= 11 is 0. The van der Waals surface area contributed by atoms with Crippen LogP contribution in [0.4, 0.5) is 4.79 Å². The van der Waals surface area contributed by atoms with Crippen molar-refractivity contribution in [2.75, 3.05) is 13.1 Å². The second-order valence-corrected chi connectivity index (χ2v) is 9.49. The Bertz CT molecular complexity index is 1070. The topological polar surface area (TPSA) is 96.0 Å². The normalized spacial score (nSPS) is 20.0. The van der Waals surface area contributed by atoms with Crippen LogP contribution < -0.4 is 5.32 Å². The molecule has 2 aliphatic rings. The maximum absolute atomic E-state index is 13.5. The molecule has 1 N–H and O–H groups in total. The van der Waals surface area contributed by atoms with Crippen LogP contribution in [0.3, 0.4) is 0 Å². The average Bonchev–Trinajstić information content (AvgIpc) is 3.44. The molecule has 2 aromatic rings. The van der Waals surface area contributed by atoms with E-state index in [1.54, 1.807) is 29.2 Å². The van der Waals surface area contributed by atoms with Gasteiger partial charge in [0.15, 0.2) is 5.78 Å². The van der Waals surface area contributed by atoms with Gasteiger partial charge < -0.3 is 19.9 Å². The molecule has 2 fully saturated rings. The number of carbonyl (C=O) groups is 4. The number of Topliss-reactive ketones (excluding diaryl/α,β-unsaturated/α-hetero) is 1. The quantitative estimate of drug-likeness (QED) is 0.661. The standard InChI is InChI=1S/C27H31N3O5/c1-18(2)15-21(28-27(34)35-17-19-9-5-3-6-10-19)26(33)29-14-13-22-24(29)23(31)16-30(22)25(32)20-11-7-4-8-12-20/h3-12,18,21-22,24H,13-17H2,1-2H3,(H,28,34)/t21-,22?,24?/m0/s1. The first-order valence-electron chi connectivity index (χ1n) is 12.0. The third-order valence-corrected chi connectivity index (χ3v) is 6.50. The van der Waals surface area contributed by atoms with Crippen LogP contribution in [0.2, 0.25) is 0 Å². The number of benzene rings is 2. The van der Waals surface area contributed by atoms with Gasteiger partial charge in [-0.15, -0.1) is 0 Å². The van der Waals surface area contributed by atoms with Gasteiger partial charge in [-0.3, -0.25) is 14.4 Å². The van der Waals surface area contributed by atoms with Crippen LogP contribution in [0.15, 0.2) is 60.7 Å². The fourth-order valence-corrected chi connectivity index (χ4v) is 4.89. The Morgan fingerprint density at radius 3 is 2.31 bits per heavy atom.